The first-order chi connectivity index (χ1) is 23.6. The number of fused-ring (bicyclic) bond motifs is 1. The van der Waals surface area contributed by atoms with Crippen LogP contribution in [-0.2, 0) is 42.8 Å². The molecule has 0 aromatic carbocycles. The van der Waals surface area contributed by atoms with Gasteiger partial charge in [0.25, 0.3) is 0 Å². The van der Waals surface area contributed by atoms with Crippen LogP contribution in [0, 0.1) is 29.6 Å². The Hall–Kier alpha value is -2.18. The van der Waals surface area contributed by atoms with Gasteiger partial charge in [-0.1, -0.05) is 73.9 Å². The van der Waals surface area contributed by atoms with Crippen molar-refractivity contribution in [3.8, 4) is 0 Å². The Kier molecular flexibility index (Phi) is 16.7. The van der Waals surface area contributed by atoms with Crippen LogP contribution in [0.15, 0.2) is 23.8 Å². The molecule has 0 saturated carbocycles. The molecule has 12 heteroatoms. The van der Waals surface area contributed by atoms with E-state index in [1.54, 1.807) is 0 Å². The molecule has 9 unspecified atom stereocenters. The van der Waals surface area contributed by atoms with Gasteiger partial charge in [0.2, 0.25) is 0 Å². The third-order valence-electron chi connectivity index (χ3n) is 10.0. The first kappa shape index (κ1) is 39.6. The number of rotatable bonds is 18. The fourth-order valence-electron chi connectivity index (χ4n) is 7.09. The van der Waals surface area contributed by atoms with Crippen LogP contribution in [0.5, 0.6) is 0 Å². The third kappa shape index (κ3) is 13.1. The second kappa shape index (κ2) is 20.6. The summed E-state index contributed by atoms with van der Waals surface area (Å²) < 4.78 is 33.0. The normalized spacial score (nSPS) is 30.0. The van der Waals surface area contributed by atoms with Gasteiger partial charge < -0.3 is 28.4 Å². The first-order valence-electron chi connectivity index (χ1n) is 18.3. The fourth-order valence-corrected chi connectivity index (χ4v) is 10.1. The number of ether oxygens (including phenoxy) is 6. The molecule has 0 spiro atoms. The molecule has 4 aliphatic rings. The first-order valence-corrected chi connectivity index (χ1v) is 20.7. The van der Waals surface area contributed by atoms with Crippen molar-refractivity contribution in [3.05, 3.63) is 23.8 Å². The fraction of sp³-hybridized carbons (Fsp3) is 0.784. The summed E-state index contributed by atoms with van der Waals surface area (Å²) in [6, 6.07) is 0. The van der Waals surface area contributed by atoms with Crippen LogP contribution in [0.1, 0.15) is 98.3 Å². The van der Waals surface area contributed by atoms with Gasteiger partial charge in [0.15, 0.2) is 0 Å². The summed E-state index contributed by atoms with van der Waals surface area (Å²) in [6.45, 7) is 8.73. The SMILES string of the molecule is CCC(C)C(=O)OC1CC(C)C=C2C=CC(C)C(CCC3CC(OC(=O)OCCOCCOC(=O)CCCCC4CCSS4)CC(=O)O3)C21. The summed E-state index contributed by atoms with van der Waals surface area (Å²) in [5.41, 5.74) is 1.22. The number of carbonyl (C=O) groups is 4. The topological polar surface area (TPSA) is 124 Å². The number of unbranched alkanes of at least 4 members (excludes halogenated alkanes) is 1. The molecular weight excluding hydrogens is 669 g/mol. The largest absolute Gasteiger partial charge is 0.508 e. The van der Waals surface area contributed by atoms with Gasteiger partial charge >= 0.3 is 24.1 Å². The quantitative estimate of drug-likeness (QED) is 0.0598. The molecule has 2 aliphatic heterocycles. The van der Waals surface area contributed by atoms with Crippen molar-refractivity contribution >= 4 is 45.7 Å². The minimum Gasteiger partial charge on any atom is -0.463 e. The van der Waals surface area contributed by atoms with Crippen molar-refractivity contribution in [1.82, 2.24) is 0 Å². The van der Waals surface area contributed by atoms with Crippen molar-refractivity contribution in [3.63, 3.8) is 0 Å². The summed E-state index contributed by atoms with van der Waals surface area (Å²) >= 11 is 0. The Labute approximate surface area is 299 Å². The summed E-state index contributed by atoms with van der Waals surface area (Å²) in [4.78, 5) is 49.5. The number of esters is 3. The number of carbonyl (C=O) groups excluding carboxylic acids is 4. The number of allylic oxidation sites excluding steroid dienone is 3. The predicted octanol–water partition coefficient (Wildman–Crippen LogP) is 7.63. The van der Waals surface area contributed by atoms with Gasteiger partial charge in [-0.3, -0.25) is 14.4 Å². The zero-order valence-corrected chi connectivity index (χ0v) is 31.3. The van der Waals surface area contributed by atoms with Gasteiger partial charge in [-0.15, -0.1) is 0 Å². The monoisotopic (exact) mass is 724 g/mol. The third-order valence-corrected chi connectivity index (χ3v) is 13.0. The molecule has 0 aromatic rings. The molecule has 0 N–H and O–H groups in total. The molecule has 10 nitrogen and oxygen atoms in total. The number of hydrogen-bond acceptors (Lipinski definition) is 12. The maximum absolute atomic E-state index is 12.8. The van der Waals surface area contributed by atoms with E-state index >= 15 is 0 Å². The molecule has 9 atom stereocenters. The van der Waals surface area contributed by atoms with Crippen LogP contribution < -0.4 is 0 Å². The van der Waals surface area contributed by atoms with Crippen molar-refractivity contribution in [2.45, 2.75) is 122 Å². The summed E-state index contributed by atoms with van der Waals surface area (Å²) in [7, 11) is 3.89. The van der Waals surface area contributed by atoms with E-state index in [4.69, 9.17) is 28.4 Å². The molecule has 4 rings (SSSR count). The molecule has 49 heavy (non-hydrogen) atoms. The van der Waals surface area contributed by atoms with E-state index in [9.17, 15) is 19.2 Å². The predicted molar refractivity (Wildman–Crippen MR) is 190 cm³/mol. The maximum atomic E-state index is 12.8. The van der Waals surface area contributed by atoms with Gasteiger partial charge in [0.05, 0.1) is 25.6 Å². The Morgan fingerprint density at radius 1 is 1.00 bits per heavy atom. The van der Waals surface area contributed by atoms with E-state index in [0.29, 0.717) is 25.2 Å². The molecule has 0 amide bonds. The molecule has 2 aliphatic carbocycles. The molecule has 2 saturated heterocycles. The standard InChI is InChI=1S/C37H56O10S2/c1-5-25(3)36(40)47-32-21-24(2)20-27-11-10-26(4)31(35(27)32)13-12-28-22-29(23-34(39)45-28)46-37(41)44-18-16-42-15-17-43-33(38)9-7-6-8-30-14-19-48-49-30/h10-11,20,24-26,28-32,35H,5-9,12-19,21-23H2,1-4H3. The lowest BCUT2D eigenvalue weighted by molar-refractivity contribution is -0.163. The van der Waals surface area contributed by atoms with Crippen LogP contribution in [0.4, 0.5) is 4.79 Å². The molecule has 2 heterocycles. The number of cyclic esters (lactones) is 1. The molecular formula is C37H56O10S2. The Bertz CT molecular complexity index is 1150. The summed E-state index contributed by atoms with van der Waals surface area (Å²) in [5.74, 6) is 1.22. The number of hydrogen-bond donors (Lipinski definition) is 0. The minimum atomic E-state index is -0.855. The van der Waals surface area contributed by atoms with Crippen molar-refractivity contribution in [2.75, 3.05) is 32.2 Å². The van der Waals surface area contributed by atoms with Crippen LogP contribution in [0.3, 0.4) is 0 Å². The average Bonchev–Trinajstić information content (AvgIpc) is 3.59. The van der Waals surface area contributed by atoms with E-state index in [0.717, 1.165) is 43.8 Å². The van der Waals surface area contributed by atoms with Crippen molar-refractivity contribution in [1.29, 1.82) is 0 Å². The lowest BCUT2D eigenvalue weighted by Crippen LogP contribution is -2.42. The van der Waals surface area contributed by atoms with Gasteiger partial charge in [-0.2, -0.15) is 0 Å². The zero-order valence-electron chi connectivity index (χ0n) is 29.6. The molecule has 0 bridgehead atoms. The van der Waals surface area contributed by atoms with Crippen LogP contribution in [0.2, 0.25) is 0 Å². The van der Waals surface area contributed by atoms with Crippen molar-refractivity contribution in [2.24, 2.45) is 29.6 Å². The molecule has 0 aromatic heterocycles. The van der Waals surface area contributed by atoms with Crippen molar-refractivity contribution < 1.29 is 47.6 Å². The van der Waals surface area contributed by atoms with Gasteiger partial charge in [-0.25, -0.2) is 4.79 Å². The highest BCUT2D eigenvalue weighted by Gasteiger charge is 2.42. The molecule has 0 radical (unpaired) electrons. The van der Waals surface area contributed by atoms with E-state index in [1.165, 1.54) is 17.7 Å². The highest BCUT2D eigenvalue weighted by atomic mass is 33.1. The van der Waals surface area contributed by atoms with Gasteiger partial charge in [-0.05, 0) is 68.3 Å². The van der Waals surface area contributed by atoms with E-state index in [1.807, 2.05) is 35.4 Å². The zero-order chi connectivity index (χ0) is 35.2. The molecule has 276 valence electrons. The highest BCUT2D eigenvalue weighted by molar-refractivity contribution is 8.77. The Morgan fingerprint density at radius 2 is 1.80 bits per heavy atom. The second-order valence-corrected chi connectivity index (χ2v) is 16.7. The Balaban J connectivity index is 1.12. The van der Waals surface area contributed by atoms with Gasteiger partial charge in [0, 0.05) is 29.8 Å². The summed E-state index contributed by atoms with van der Waals surface area (Å²) in [6.07, 6.45) is 12.6. The van der Waals surface area contributed by atoms with Crippen LogP contribution in [-0.4, -0.2) is 79.8 Å². The lowest BCUT2D eigenvalue weighted by atomic mass is 9.65. The van der Waals surface area contributed by atoms with Gasteiger partial charge in [0.1, 0.15) is 31.5 Å². The van der Waals surface area contributed by atoms with Crippen LogP contribution in [0.25, 0.3) is 0 Å². The average molecular weight is 725 g/mol. The van der Waals surface area contributed by atoms with E-state index in [2.05, 4.69) is 32.1 Å². The minimum absolute atomic E-state index is 0.0173. The summed E-state index contributed by atoms with van der Waals surface area (Å²) in [5, 5.41) is 0.722. The Morgan fingerprint density at radius 3 is 2.55 bits per heavy atom. The molecule has 2 fully saturated rings. The van der Waals surface area contributed by atoms with E-state index < -0.39 is 18.2 Å². The second-order valence-electron chi connectivity index (χ2n) is 13.9. The highest BCUT2D eigenvalue weighted by Crippen LogP contribution is 2.45. The smallest absolute Gasteiger partial charge is 0.463 e. The maximum Gasteiger partial charge on any atom is 0.508 e. The van der Waals surface area contributed by atoms with Crippen LogP contribution >= 0.6 is 21.6 Å². The lowest BCUT2D eigenvalue weighted by Gasteiger charge is -2.43. The van der Waals surface area contributed by atoms with E-state index in [-0.39, 0.29) is 80.7 Å².